The van der Waals surface area contributed by atoms with Crippen LogP contribution in [0, 0.1) is 0 Å². The lowest BCUT2D eigenvalue weighted by Crippen LogP contribution is -1.96. The summed E-state index contributed by atoms with van der Waals surface area (Å²) in [6.07, 6.45) is 1.92. The predicted molar refractivity (Wildman–Crippen MR) is 107 cm³/mol. The Bertz CT molecular complexity index is 1010. The zero-order valence-electron chi connectivity index (χ0n) is 13.8. The molecule has 2 nitrogen and oxygen atoms in total. The van der Waals surface area contributed by atoms with E-state index in [2.05, 4.69) is 58.8 Å². The quantitative estimate of drug-likeness (QED) is 0.436. The standard InChI is InChI=1S/C23H18N2/c1-3-11-21(12-4-1)24-17-20-15-18-9-7-8-10-19(18)16-23(20)25-22-13-5-2-6-14-22/h1-17,25H/b24-17+. The minimum Gasteiger partial charge on any atom is -0.355 e. The van der Waals surface area contributed by atoms with E-state index in [0.29, 0.717) is 0 Å². The van der Waals surface area contributed by atoms with Crippen LogP contribution in [0.1, 0.15) is 5.56 Å². The van der Waals surface area contributed by atoms with E-state index in [1.807, 2.05) is 54.7 Å². The molecule has 4 aromatic rings. The molecule has 25 heavy (non-hydrogen) atoms. The number of anilines is 2. The highest BCUT2D eigenvalue weighted by Crippen LogP contribution is 2.26. The van der Waals surface area contributed by atoms with E-state index in [1.54, 1.807) is 0 Å². The summed E-state index contributed by atoms with van der Waals surface area (Å²) in [6, 6.07) is 32.9. The van der Waals surface area contributed by atoms with Gasteiger partial charge >= 0.3 is 0 Å². The van der Waals surface area contributed by atoms with Crippen LogP contribution in [0.2, 0.25) is 0 Å². The van der Waals surface area contributed by atoms with Crippen LogP contribution in [0.5, 0.6) is 0 Å². The summed E-state index contributed by atoms with van der Waals surface area (Å²) in [6.45, 7) is 0. The van der Waals surface area contributed by atoms with E-state index >= 15 is 0 Å². The molecule has 4 aromatic carbocycles. The Labute approximate surface area is 147 Å². The van der Waals surface area contributed by atoms with Gasteiger partial charge in [0.25, 0.3) is 0 Å². The van der Waals surface area contributed by atoms with Gasteiger partial charge in [-0.3, -0.25) is 4.99 Å². The van der Waals surface area contributed by atoms with E-state index in [-0.39, 0.29) is 0 Å². The highest BCUT2D eigenvalue weighted by atomic mass is 14.9. The summed E-state index contributed by atoms with van der Waals surface area (Å²) in [7, 11) is 0. The van der Waals surface area contributed by atoms with Gasteiger partial charge in [0.15, 0.2) is 0 Å². The SMILES string of the molecule is C(=N\c1ccccc1)/c1cc2ccccc2cc1Nc1ccccc1. The highest BCUT2D eigenvalue weighted by molar-refractivity contribution is 5.98. The van der Waals surface area contributed by atoms with Gasteiger partial charge in [0.05, 0.1) is 5.69 Å². The van der Waals surface area contributed by atoms with Gasteiger partial charge in [0, 0.05) is 23.2 Å². The molecule has 0 atom stereocenters. The van der Waals surface area contributed by atoms with Crippen LogP contribution in [-0.2, 0) is 0 Å². The summed E-state index contributed by atoms with van der Waals surface area (Å²) in [5.41, 5.74) is 4.12. The maximum absolute atomic E-state index is 4.62. The number of rotatable bonds is 4. The number of fused-ring (bicyclic) bond motifs is 1. The number of nitrogens with zero attached hydrogens (tertiary/aromatic N) is 1. The summed E-state index contributed by atoms with van der Waals surface area (Å²) < 4.78 is 0. The number of hydrogen-bond acceptors (Lipinski definition) is 2. The first-order valence-electron chi connectivity index (χ1n) is 8.32. The smallest absolute Gasteiger partial charge is 0.0629 e. The molecule has 0 aromatic heterocycles. The van der Waals surface area contributed by atoms with Gasteiger partial charge in [-0.2, -0.15) is 0 Å². The number of hydrogen-bond donors (Lipinski definition) is 1. The first-order valence-corrected chi connectivity index (χ1v) is 8.32. The van der Waals surface area contributed by atoms with Crippen molar-refractivity contribution in [2.75, 3.05) is 5.32 Å². The van der Waals surface area contributed by atoms with Gasteiger partial charge in [-0.1, -0.05) is 60.7 Å². The minimum absolute atomic E-state index is 0.946. The molecule has 0 aliphatic carbocycles. The zero-order valence-corrected chi connectivity index (χ0v) is 13.8. The largest absolute Gasteiger partial charge is 0.355 e. The van der Waals surface area contributed by atoms with Gasteiger partial charge in [0.1, 0.15) is 0 Å². The van der Waals surface area contributed by atoms with Crippen LogP contribution < -0.4 is 5.32 Å². The third kappa shape index (κ3) is 3.59. The van der Waals surface area contributed by atoms with Crippen molar-refractivity contribution in [2.45, 2.75) is 0 Å². The van der Waals surface area contributed by atoms with Crippen molar-refractivity contribution in [3.05, 3.63) is 103 Å². The molecule has 0 fully saturated rings. The normalized spacial score (nSPS) is 11.0. The first-order chi connectivity index (χ1) is 12.4. The van der Waals surface area contributed by atoms with Crippen molar-refractivity contribution in [2.24, 2.45) is 4.99 Å². The Hall–Kier alpha value is -3.39. The maximum Gasteiger partial charge on any atom is 0.0629 e. The third-order valence-electron chi connectivity index (χ3n) is 4.08. The highest BCUT2D eigenvalue weighted by Gasteiger charge is 2.04. The van der Waals surface area contributed by atoms with Crippen molar-refractivity contribution >= 4 is 34.0 Å². The molecule has 0 unspecified atom stereocenters. The number of aliphatic imine (C=N–C) groups is 1. The van der Waals surface area contributed by atoms with Crippen LogP contribution in [0.4, 0.5) is 17.1 Å². The molecule has 0 saturated carbocycles. The molecule has 0 aliphatic heterocycles. The Balaban J connectivity index is 1.77. The van der Waals surface area contributed by atoms with Gasteiger partial charge in [-0.25, -0.2) is 0 Å². The Morgan fingerprint density at radius 2 is 1.24 bits per heavy atom. The van der Waals surface area contributed by atoms with Crippen LogP contribution >= 0.6 is 0 Å². The Morgan fingerprint density at radius 1 is 0.640 bits per heavy atom. The molecule has 2 heteroatoms. The first kappa shape index (κ1) is 15.2. The topological polar surface area (TPSA) is 24.4 Å². The van der Waals surface area contributed by atoms with Crippen LogP contribution in [0.15, 0.2) is 102 Å². The summed E-state index contributed by atoms with van der Waals surface area (Å²) in [4.78, 5) is 4.62. The predicted octanol–water partition coefficient (Wildman–Crippen LogP) is 6.33. The molecular weight excluding hydrogens is 304 g/mol. The lowest BCUT2D eigenvalue weighted by Gasteiger charge is -2.11. The molecule has 0 aliphatic rings. The number of para-hydroxylation sites is 2. The van der Waals surface area contributed by atoms with E-state index in [4.69, 9.17) is 0 Å². The van der Waals surface area contributed by atoms with Crippen LogP contribution in [0.3, 0.4) is 0 Å². The molecular formula is C23H18N2. The van der Waals surface area contributed by atoms with Gasteiger partial charge in [0.2, 0.25) is 0 Å². The molecule has 0 radical (unpaired) electrons. The van der Waals surface area contributed by atoms with E-state index in [1.165, 1.54) is 10.8 Å². The summed E-state index contributed by atoms with van der Waals surface area (Å²) >= 11 is 0. The third-order valence-corrected chi connectivity index (χ3v) is 4.08. The monoisotopic (exact) mass is 322 g/mol. The minimum atomic E-state index is 0.946. The Kier molecular flexibility index (Phi) is 4.25. The fourth-order valence-corrected chi connectivity index (χ4v) is 2.81. The van der Waals surface area contributed by atoms with Gasteiger partial charge in [-0.15, -0.1) is 0 Å². The molecule has 0 heterocycles. The summed E-state index contributed by atoms with van der Waals surface area (Å²) in [5, 5.41) is 5.92. The van der Waals surface area contributed by atoms with Crippen molar-refractivity contribution in [1.82, 2.24) is 0 Å². The van der Waals surface area contributed by atoms with Crippen LogP contribution in [-0.4, -0.2) is 6.21 Å². The van der Waals surface area contributed by atoms with Crippen LogP contribution in [0.25, 0.3) is 10.8 Å². The van der Waals surface area contributed by atoms with Crippen molar-refractivity contribution < 1.29 is 0 Å². The molecule has 0 bridgehead atoms. The molecule has 0 saturated heterocycles. The second-order valence-electron chi connectivity index (χ2n) is 5.87. The number of benzene rings is 4. The molecule has 120 valence electrons. The van der Waals surface area contributed by atoms with E-state index in [9.17, 15) is 0 Å². The lowest BCUT2D eigenvalue weighted by molar-refractivity contribution is 1.51. The maximum atomic E-state index is 4.62. The van der Waals surface area contributed by atoms with Crippen molar-refractivity contribution in [3.63, 3.8) is 0 Å². The van der Waals surface area contributed by atoms with Gasteiger partial charge < -0.3 is 5.32 Å². The molecule has 0 amide bonds. The second-order valence-corrected chi connectivity index (χ2v) is 5.87. The molecule has 4 rings (SSSR count). The fraction of sp³-hybridized carbons (Fsp3) is 0. The zero-order chi connectivity index (χ0) is 16.9. The van der Waals surface area contributed by atoms with Crippen molar-refractivity contribution in [1.29, 1.82) is 0 Å². The average molecular weight is 322 g/mol. The molecule has 0 spiro atoms. The van der Waals surface area contributed by atoms with Gasteiger partial charge in [-0.05, 0) is 47.2 Å². The average Bonchev–Trinajstić information content (AvgIpc) is 2.68. The Morgan fingerprint density at radius 3 is 1.96 bits per heavy atom. The number of nitrogens with one attached hydrogen (secondary N) is 1. The fourth-order valence-electron chi connectivity index (χ4n) is 2.81. The van der Waals surface area contributed by atoms with Crippen molar-refractivity contribution in [3.8, 4) is 0 Å². The molecule has 1 N–H and O–H groups in total. The second kappa shape index (κ2) is 7.02. The van der Waals surface area contributed by atoms with E-state index in [0.717, 1.165) is 22.6 Å². The van der Waals surface area contributed by atoms with E-state index < -0.39 is 0 Å². The lowest BCUT2D eigenvalue weighted by atomic mass is 10.0. The summed E-state index contributed by atoms with van der Waals surface area (Å²) in [5.74, 6) is 0.